The predicted molar refractivity (Wildman–Crippen MR) is 120 cm³/mol. The van der Waals surface area contributed by atoms with E-state index in [-0.39, 0.29) is 16.7 Å². The van der Waals surface area contributed by atoms with Crippen LogP contribution in [0.1, 0.15) is 25.7 Å². The van der Waals surface area contributed by atoms with Crippen molar-refractivity contribution in [1.29, 1.82) is 0 Å². The lowest BCUT2D eigenvalue weighted by Gasteiger charge is -2.15. The molecular formula is C20H28N6O6S. The number of oxime groups is 1. The van der Waals surface area contributed by atoms with Crippen molar-refractivity contribution < 1.29 is 28.0 Å². The molecule has 3 rings (SSSR count). The molecular weight excluding hydrogens is 452 g/mol. The zero-order chi connectivity index (χ0) is 23.7. The summed E-state index contributed by atoms with van der Waals surface area (Å²) in [6.45, 7) is 1.98. The average Bonchev–Trinajstić information content (AvgIpc) is 3.49. The maximum absolute atomic E-state index is 12.4. The highest BCUT2D eigenvalue weighted by atomic mass is 32.2. The number of nitrogens with zero attached hydrogens (tertiary/aromatic N) is 2. The Morgan fingerprint density at radius 1 is 1.24 bits per heavy atom. The van der Waals surface area contributed by atoms with Gasteiger partial charge in [-0.3, -0.25) is 14.6 Å². The fraction of sp³-hybridized carbons (Fsp3) is 0.500. The number of aliphatic imine (C=N–C) groups is 1. The lowest BCUT2D eigenvalue weighted by Crippen LogP contribution is -2.49. The fourth-order valence-electron chi connectivity index (χ4n) is 3.27. The Morgan fingerprint density at radius 2 is 2.03 bits per heavy atom. The number of hydrogen-bond acceptors (Lipinski definition) is 9. The summed E-state index contributed by atoms with van der Waals surface area (Å²) in [6, 6.07) is 5.86. The van der Waals surface area contributed by atoms with Crippen LogP contribution >= 0.6 is 0 Å². The predicted octanol–water partition coefficient (Wildman–Crippen LogP) is -0.602. The van der Waals surface area contributed by atoms with Crippen molar-refractivity contribution in [3.8, 4) is 0 Å². The molecule has 0 radical (unpaired) electrons. The molecule has 2 aliphatic rings. The zero-order valence-electron chi connectivity index (χ0n) is 18.0. The van der Waals surface area contributed by atoms with Gasteiger partial charge in [0.2, 0.25) is 10.0 Å². The lowest BCUT2D eigenvalue weighted by atomic mass is 10.1. The molecule has 0 spiro atoms. The summed E-state index contributed by atoms with van der Waals surface area (Å²) in [5, 5.41) is 21.9. The number of hydrogen-bond donors (Lipinski definition) is 5. The molecule has 0 fully saturated rings. The lowest BCUT2D eigenvalue weighted by molar-refractivity contribution is -0.138. The number of carboxylic acids is 1. The Hall–Kier alpha value is -3.19. The molecule has 2 aliphatic heterocycles. The van der Waals surface area contributed by atoms with E-state index < -0.39 is 34.5 Å². The van der Waals surface area contributed by atoms with E-state index in [0.717, 1.165) is 44.9 Å². The van der Waals surface area contributed by atoms with Crippen molar-refractivity contribution in [1.82, 2.24) is 20.7 Å². The number of unbranched alkanes of at least 4 members (excludes halogenated alkanes) is 1. The van der Waals surface area contributed by atoms with Gasteiger partial charge in [0, 0.05) is 26.1 Å². The van der Waals surface area contributed by atoms with Crippen LogP contribution in [0.4, 0.5) is 0 Å². The summed E-state index contributed by atoms with van der Waals surface area (Å²) >= 11 is 0. The molecule has 33 heavy (non-hydrogen) atoms. The van der Waals surface area contributed by atoms with Crippen LogP contribution in [-0.4, -0.2) is 75.4 Å². The summed E-state index contributed by atoms with van der Waals surface area (Å²) in [6.07, 6.45) is 2.58. The second kappa shape index (κ2) is 11.6. The second-order valence-corrected chi connectivity index (χ2v) is 9.30. The quantitative estimate of drug-likeness (QED) is 0.247. The molecule has 0 bridgehead atoms. The Labute approximate surface area is 191 Å². The first kappa shape index (κ1) is 24.5. The van der Waals surface area contributed by atoms with Crippen LogP contribution in [0.15, 0.2) is 45.4 Å². The third kappa shape index (κ3) is 7.43. The van der Waals surface area contributed by atoms with Gasteiger partial charge in [-0.15, -0.1) is 0 Å². The van der Waals surface area contributed by atoms with Crippen LogP contribution in [0.3, 0.4) is 0 Å². The molecule has 5 N–H and O–H groups in total. The first-order valence-electron chi connectivity index (χ1n) is 10.7. The standard InChI is InChI=1S/C20H28N6O6S/c27-18(16-12-14(32-25-16)6-4-5-9-21-20-22-10-11-23-20)24-13-17(19(28)29)26-33(30,31)15-7-2-1-3-8-15/h1-3,7-8,14,17,26H,4-6,9-13H2,(H,24,27)(H,28,29)(H2,21,22,23). The number of carboxylic acid groups (broad SMARTS) is 1. The molecule has 180 valence electrons. The van der Waals surface area contributed by atoms with Crippen molar-refractivity contribution in [2.24, 2.45) is 10.1 Å². The van der Waals surface area contributed by atoms with Crippen LogP contribution in [-0.2, 0) is 24.4 Å². The minimum Gasteiger partial charge on any atom is -0.480 e. The highest BCUT2D eigenvalue weighted by molar-refractivity contribution is 7.89. The summed E-state index contributed by atoms with van der Waals surface area (Å²) in [5.74, 6) is -1.18. The average molecular weight is 481 g/mol. The van der Waals surface area contributed by atoms with E-state index in [4.69, 9.17) is 4.84 Å². The number of aliphatic carboxylic acids is 1. The van der Waals surface area contributed by atoms with E-state index in [1.165, 1.54) is 24.3 Å². The Balaban J connectivity index is 1.38. The van der Waals surface area contributed by atoms with E-state index in [2.05, 4.69) is 30.8 Å². The maximum atomic E-state index is 12.4. The normalized spacial score (nSPS) is 18.5. The second-order valence-electron chi connectivity index (χ2n) is 7.58. The van der Waals surface area contributed by atoms with E-state index in [1.54, 1.807) is 6.07 Å². The number of nitrogens with one attached hydrogen (secondary N) is 4. The number of benzene rings is 1. The minimum absolute atomic E-state index is 0.0679. The minimum atomic E-state index is -4.05. The van der Waals surface area contributed by atoms with Gasteiger partial charge >= 0.3 is 5.97 Å². The van der Waals surface area contributed by atoms with Crippen LogP contribution in [0.25, 0.3) is 0 Å². The van der Waals surface area contributed by atoms with Crippen LogP contribution in [0, 0.1) is 0 Å². The SMILES string of the molecule is O=C(NCC(NS(=O)(=O)c1ccccc1)C(=O)O)C1=NOC(CCCCNC2=NCCN2)C1. The molecule has 0 aromatic heterocycles. The highest BCUT2D eigenvalue weighted by Crippen LogP contribution is 2.16. The van der Waals surface area contributed by atoms with Crippen LogP contribution in [0.2, 0.25) is 0 Å². The van der Waals surface area contributed by atoms with Gasteiger partial charge in [-0.25, -0.2) is 8.42 Å². The molecule has 1 aromatic rings. The third-order valence-electron chi connectivity index (χ3n) is 5.03. The van der Waals surface area contributed by atoms with Crippen LogP contribution in [0.5, 0.6) is 0 Å². The number of carbonyl (C=O) groups is 2. The van der Waals surface area contributed by atoms with E-state index >= 15 is 0 Å². The van der Waals surface area contributed by atoms with Crippen molar-refractivity contribution in [2.45, 2.75) is 42.7 Å². The highest BCUT2D eigenvalue weighted by Gasteiger charge is 2.29. The number of rotatable bonds is 12. The first-order chi connectivity index (χ1) is 15.8. The molecule has 2 atom stereocenters. The Bertz CT molecular complexity index is 998. The molecule has 0 saturated heterocycles. The van der Waals surface area contributed by atoms with E-state index in [1.807, 2.05) is 0 Å². The maximum Gasteiger partial charge on any atom is 0.323 e. The van der Waals surface area contributed by atoms with Crippen molar-refractivity contribution >= 4 is 33.6 Å². The molecule has 0 aliphatic carbocycles. The largest absolute Gasteiger partial charge is 0.480 e. The summed E-state index contributed by atoms with van der Waals surface area (Å²) in [4.78, 5) is 33.3. The van der Waals surface area contributed by atoms with Gasteiger partial charge < -0.3 is 25.9 Å². The molecule has 1 aromatic carbocycles. The number of carbonyl (C=O) groups excluding carboxylic acids is 1. The van der Waals surface area contributed by atoms with Crippen molar-refractivity contribution in [3.05, 3.63) is 30.3 Å². The Kier molecular flexibility index (Phi) is 8.60. The van der Waals surface area contributed by atoms with Crippen molar-refractivity contribution in [3.63, 3.8) is 0 Å². The molecule has 1 amide bonds. The van der Waals surface area contributed by atoms with Gasteiger partial charge in [0.25, 0.3) is 5.91 Å². The topological polar surface area (TPSA) is 171 Å². The third-order valence-corrected chi connectivity index (χ3v) is 6.52. The summed E-state index contributed by atoms with van der Waals surface area (Å²) < 4.78 is 26.8. The Morgan fingerprint density at radius 3 is 2.73 bits per heavy atom. The molecule has 2 unspecified atom stereocenters. The van der Waals surface area contributed by atoms with Gasteiger partial charge in [0.15, 0.2) is 5.96 Å². The summed E-state index contributed by atoms with van der Waals surface area (Å²) in [7, 11) is -4.05. The van der Waals surface area contributed by atoms with E-state index in [0.29, 0.717) is 6.42 Å². The number of amides is 1. The molecule has 0 saturated carbocycles. The molecule has 13 heteroatoms. The fourth-order valence-corrected chi connectivity index (χ4v) is 4.48. The summed E-state index contributed by atoms with van der Waals surface area (Å²) in [5.41, 5.74) is 0.151. The smallest absolute Gasteiger partial charge is 0.323 e. The molecule has 2 heterocycles. The van der Waals surface area contributed by atoms with Gasteiger partial charge in [-0.2, -0.15) is 4.72 Å². The van der Waals surface area contributed by atoms with Crippen LogP contribution < -0.4 is 20.7 Å². The van der Waals surface area contributed by atoms with Gasteiger partial charge in [-0.05, 0) is 31.4 Å². The monoisotopic (exact) mass is 480 g/mol. The van der Waals surface area contributed by atoms with Crippen molar-refractivity contribution in [2.75, 3.05) is 26.2 Å². The van der Waals surface area contributed by atoms with Gasteiger partial charge in [-0.1, -0.05) is 23.4 Å². The molecule has 12 nitrogen and oxygen atoms in total. The van der Waals surface area contributed by atoms with Gasteiger partial charge in [0.05, 0.1) is 11.4 Å². The van der Waals surface area contributed by atoms with Gasteiger partial charge in [0.1, 0.15) is 17.9 Å². The number of sulfonamides is 1. The first-order valence-corrected chi connectivity index (χ1v) is 12.2. The zero-order valence-corrected chi connectivity index (χ0v) is 18.8. The van der Waals surface area contributed by atoms with E-state index in [9.17, 15) is 23.1 Å². The number of guanidine groups is 1.